The number of sulfone groups is 1. The zero-order valence-corrected chi connectivity index (χ0v) is 28.0. The van der Waals surface area contributed by atoms with Crippen molar-refractivity contribution < 1.29 is 17.9 Å². The quantitative estimate of drug-likeness (QED) is 0.359. The Hall–Kier alpha value is -2.51. The highest BCUT2D eigenvalue weighted by molar-refractivity contribution is 9.10. The van der Waals surface area contributed by atoms with Crippen LogP contribution >= 0.6 is 27.5 Å². The highest BCUT2D eigenvalue weighted by atomic mass is 79.9. The lowest BCUT2D eigenvalue weighted by atomic mass is 10.1. The number of carbonyl (C=O) groups excluding carboxylic acids is 1. The second-order valence-electron chi connectivity index (χ2n) is 12.1. The number of hydrogen-bond donors (Lipinski definition) is 0. The van der Waals surface area contributed by atoms with Gasteiger partial charge < -0.3 is 9.64 Å². The molecule has 1 aromatic heterocycles. The molecule has 0 N–H and O–H groups in total. The molecule has 0 unspecified atom stereocenters. The lowest BCUT2D eigenvalue weighted by Gasteiger charge is -2.48. The van der Waals surface area contributed by atoms with Crippen molar-refractivity contribution in [1.82, 2.24) is 24.3 Å². The van der Waals surface area contributed by atoms with Crippen LogP contribution in [0.5, 0.6) is 0 Å². The summed E-state index contributed by atoms with van der Waals surface area (Å²) in [5, 5.41) is 0.847. The summed E-state index contributed by atoms with van der Waals surface area (Å²) in [6, 6.07) is 8.72. The van der Waals surface area contributed by atoms with E-state index in [0.29, 0.717) is 47.2 Å². The van der Waals surface area contributed by atoms with E-state index in [2.05, 4.69) is 30.7 Å². The lowest BCUT2D eigenvalue weighted by Crippen LogP contribution is -2.64. The number of likely N-dealkylation sites (tertiary alicyclic amines) is 1. The van der Waals surface area contributed by atoms with Crippen LogP contribution in [0.25, 0.3) is 10.9 Å². The predicted molar refractivity (Wildman–Crippen MR) is 170 cm³/mol. The van der Waals surface area contributed by atoms with Crippen LogP contribution in [0.3, 0.4) is 0 Å². The molecule has 0 spiro atoms. The number of rotatable bonds is 7. The Kier molecular flexibility index (Phi) is 9.25. The number of ether oxygens (including phenoxy) is 1. The van der Waals surface area contributed by atoms with E-state index in [0.717, 1.165) is 36.2 Å². The molecule has 0 radical (unpaired) electrons. The van der Waals surface area contributed by atoms with E-state index >= 15 is 0 Å². The smallest absolute Gasteiger partial charge is 0.410 e. The van der Waals surface area contributed by atoms with Gasteiger partial charge in [-0.15, -0.1) is 0 Å². The molecule has 0 bridgehead atoms. The van der Waals surface area contributed by atoms with Crippen LogP contribution < -0.4 is 5.56 Å². The van der Waals surface area contributed by atoms with Crippen molar-refractivity contribution in [2.75, 3.05) is 45.0 Å². The maximum Gasteiger partial charge on any atom is 0.410 e. The average Bonchev–Trinajstić information content (AvgIpc) is 2.90. The Bertz CT molecular complexity index is 1690. The first-order valence-electron chi connectivity index (χ1n) is 14.4. The topological polar surface area (TPSA) is 105 Å². The zero-order chi connectivity index (χ0) is 31.1. The van der Waals surface area contributed by atoms with Crippen LogP contribution in [0.15, 0.2) is 50.8 Å². The SMILES string of the molecule is CCS(=O)(=O)c1ccc(Cl)cc1Cn1cnc2cc(CN3CCN(C4CN(C(=O)OC(C)(C)C)C4)CC3)c(Br)cc2c1=O. The molecule has 0 aliphatic carbocycles. The molecule has 2 saturated heterocycles. The third-order valence-corrected chi connectivity index (χ3v) is 10.7. The van der Waals surface area contributed by atoms with Crippen LogP contribution in [-0.2, 0) is 27.7 Å². The molecule has 232 valence electrons. The third kappa shape index (κ3) is 7.25. The Morgan fingerprint density at radius 3 is 2.42 bits per heavy atom. The molecule has 5 rings (SSSR count). The van der Waals surface area contributed by atoms with Gasteiger partial charge in [-0.3, -0.25) is 19.2 Å². The molecule has 1 amide bonds. The van der Waals surface area contributed by atoms with Crippen molar-refractivity contribution >= 4 is 54.4 Å². The number of fused-ring (bicyclic) bond motifs is 1. The molecule has 2 fully saturated rings. The number of amides is 1. The average molecular weight is 695 g/mol. The normalized spacial score (nSPS) is 17.3. The first-order valence-corrected chi connectivity index (χ1v) is 17.2. The maximum absolute atomic E-state index is 13.4. The number of carbonyl (C=O) groups is 1. The Morgan fingerprint density at radius 2 is 1.77 bits per heavy atom. The van der Waals surface area contributed by atoms with Gasteiger partial charge in [0.25, 0.3) is 5.56 Å². The van der Waals surface area contributed by atoms with Crippen molar-refractivity contribution in [1.29, 1.82) is 0 Å². The van der Waals surface area contributed by atoms with E-state index in [4.69, 9.17) is 16.3 Å². The standard InChI is InChI=1S/C30H37BrClN5O5S/c1-5-43(40,41)27-7-6-22(32)12-21(27)16-37-19-33-26-13-20(25(31)14-24(26)28(37)38)15-34-8-10-35(11-9-34)23-17-36(18-23)29(39)42-30(2,3)4/h6-7,12-14,19,23H,5,8-11,15-18H2,1-4H3. The summed E-state index contributed by atoms with van der Waals surface area (Å²) in [6.07, 6.45) is 1.21. The Balaban J connectivity index is 1.23. The molecular weight excluding hydrogens is 658 g/mol. The van der Waals surface area contributed by atoms with Gasteiger partial charge in [-0.1, -0.05) is 34.5 Å². The molecular formula is C30H37BrClN5O5S. The van der Waals surface area contributed by atoms with Gasteiger partial charge in [-0.05, 0) is 62.2 Å². The van der Waals surface area contributed by atoms with Gasteiger partial charge in [-0.2, -0.15) is 0 Å². The molecule has 3 aromatic rings. The number of halogens is 2. The number of nitrogens with zero attached hydrogens (tertiary/aromatic N) is 5. The second-order valence-corrected chi connectivity index (χ2v) is 15.7. The highest BCUT2D eigenvalue weighted by Gasteiger charge is 2.38. The molecule has 3 heterocycles. The largest absolute Gasteiger partial charge is 0.444 e. The predicted octanol–water partition coefficient (Wildman–Crippen LogP) is 4.39. The van der Waals surface area contributed by atoms with Gasteiger partial charge in [0.1, 0.15) is 5.60 Å². The number of benzene rings is 2. The van der Waals surface area contributed by atoms with Crippen molar-refractivity contribution in [2.45, 2.75) is 57.3 Å². The van der Waals surface area contributed by atoms with E-state index in [1.165, 1.54) is 17.0 Å². The molecule has 10 nitrogen and oxygen atoms in total. The Labute approximate surface area is 265 Å². The fourth-order valence-electron chi connectivity index (χ4n) is 5.46. The fraction of sp³-hybridized carbons (Fsp3) is 0.500. The van der Waals surface area contributed by atoms with Gasteiger partial charge in [0.05, 0.1) is 34.4 Å². The van der Waals surface area contributed by atoms with E-state index < -0.39 is 15.4 Å². The van der Waals surface area contributed by atoms with Crippen molar-refractivity contribution in [3.8, 4) is 0 Å². The molecule has 0 atom stereocenters. The maximum atomic E-state index is 13.4. The van der Waals surface area contributed by atoms with E-state index in [1.54, 1.807) is 30.0 Å². The summed E-state index contributed by atoms with van der Waals surface area (Å²) < 4.78 is 33.0. The summed E-state index contributed by atoms with van der Waals surface area (Å²) in [6.45, 7) is 13.0. The van der Waals surface area contributed by atoms with Crippen molar-refractivity contribution in [3.63, 3.8) is 0 Å². The first-order chi connectivity index (χ1) is 20.2. The summed E-state index contributed by atoms with van der Waals surface area (Å²) in [7, 11) is -3.50. The first kappa shape index (κ1) is 31.9. The monoisotopic (exact) mass is 693 g/mol. The minimum Gasteiger partial charge on any atom is -0.444 e. The lowest BCUT2D eigenvalue weighted by molar-refractivity contribution is -0.0252. The minimum absolute atomic E-state index is 0.0388. The Morgan fingerprint density at radius 1 is 1.07 bits per heavy atom. The minimum atomic E-state index is -3.50. The van der Waals surface area contributed by atoms with Crippen LogP contribution in [0.2, 0.25) is 5.02 Å². The van der Waals surface area contributed by atoms with Gasteiger partial charge in [0.2, 0.25) is 0 Å². The third-order valence-electron chi connectivity index (χ3n) is 7.90. The summed E-state index contributed by atoms with van der Waals surface area (Å²) in [5.74, 6) is -0.0510. The molecule has 2 aliphatic heterocycles. The summed E-state index contributed by atoms with van der Waals surface area (Å²) in [5.41, 5.74) is 1.33. The van der Waals surface area contributed by atoms with E-state index in [1.807, 2.05) is 26.8 Å². The highest BCUT2D eigenvalue weighted by Crippen LogP contribution is 2.26. The van der Waals surface area contributed by atoms with Gasteiger partial charge in [0.15, 0.2) is 9.84 Å². The summed E-state index contributed by atoms with van der Waals surface area (Å²) in [4.78, 5) is 37.0. The molecule has 13 heteroatoms. The van der Waals surface area contributed by atoms with Gasteiger partial charge >= 0.3 is 6.09 Å². The molecule has 2 aliphatic rings. The molecule has 2 aromatic carbocycles. The van der Waals surface area contributed by atoms with Crippen molar-refractivity contribution in [2.24, 2.45) is 0 Å². The number of piperazine rings is 1. The number of hydrogen-bond acceptors (Lipinski definition) is 8. The van der Waals surface area contributed by atoms with Crippen LogP contribution in [-0.4, -0.2) is 95.4 Å². The fourth-order valence-corrected chi connectivity index (χ4v) is 7.23. The summed E-state index contributed by atoms with van der Waals surface area (Å²) >= 11 is 9.83. The van der Waals surface area contributed by atoms with Crippen LogP contribution in [0, 0.1) is 0 Å². The van der Waals surface area contributed by atoms with Crippen LogP contribution in [0.1, 0.15) is 38.8 Å². The van der Waals surface area contributed by atoms with Crippen molar-refractivity contribution in [3.05, 3.63) is 67.6 Å². The zero-order valence-electron chi connectivity index (χ0n) is 24.8. The van der Waals surface area contributed by atoms with Crippen LogP contribution in [0.4, 0.5) is 4.79 Å². The van der Waals surface area contributed by atoms with E-state index in [-0.39, 0.29) is 28.8 Å². The number of aromatic nitrogens is 2. The van der Waals surface area contributed by atoms with E-state index in [9.17, 15) is 18.0 Å². The molecule has 43 heavy (non-hydrogen) atoms. The van der Waals surface area contributed by atoms with Gasteiger partial charge in [-0.25, -0.2) is 18.2 Å². The van der Waals surface area contributed by atoms with Gasteiger partial charge in [0, 0.05) is 61.4 Å². The molecule has 0 saturated carbocycles. The second kappa shape index (κ2) is 12.5.